The number of methoxy groups -OCH3 is 4. The fourth-order valence-electron chi connectivity index (χ4n) is 4.49. The molecule has 0 aliphatic heterocycles. The third-order valence-corrected chi connectivity index (χ3v) is 6.82. The molecule has 8 nitrogen and oxygen atoms in total. The Morgan fingerprint density at radius 2 is 1.57 bits per heavy atom. The topological polar surface area (TPSA) is 104 Å². The van der Waals surface area contributed by atoms with Gasteiger partial charge in [0.2, 0.25) is 11.5 Å². The predicted octanol–water partition coefficient (Wildman–Crippen LogP) is 4.83. The average Bonchev–Trinajstić information content (AvgIpc) is 2.85. The van der Waals surface area contributed by atoms with Gasteiger partial charge in [-0.2, -0.15) is 0 Å². The first-order chi connectivity index (χ1) is 16.6. The second-order valence-electron chi connectivity index (χ2n) is 8.75. The molecule has 3 atom stereocenters. The zero-order valence-electron chi connectivity index (χ0n) is 21.5. The van der Waals surface area contributed by atoms with Crippen molar-refractivity contribution < 1.29 is 38.7 Å². The van der Waals surface area contributed by atoms with E-state index in [9.17, 15) is 15.0 Å². The average molecular weight is 487 g/mol. The molecule has 2 aromatic rings. The number of benzene rings is 2. The monoisotopic (exact) mass is 486 g/mol. The van der Waals surface area contributed by atoms with Gasteiger partial charge in [0.15, 0.2) is 23.0 Å². The zero-order valence-corrected chi connectivity index (χ0v) is 21.5. The lowest BCUT2D eigenvalue weighted by atomic mass is 9.76. The molecular weight excluding hydrogens is 452 g/mol. The number of phenolic OH excluding ortho intramolecular Hbond substituents is 1. The maximum Gasteiger partial charge on any atom is 0.338 e. The standard InChI is InChI=1S/C27H34O8/c1-9-13(2)27(30)35-26-20-16(11-19(31-5)24(26)33-7)10-14(3)15(4)22(29)17-12-18(28)23(32-6)25(34-8)21(17)20/h9,11-12,14-15,22,28-29H,10H2,1-8H3/b13-9+/t14-,15-,22+/m1/s1. The summed E-state index contributed by atoms with van der Waals surface area (Å²) < 4.78 is 28.4. The molecule has 1 aliphatic carbocycles. The molecule has 0 heterocycles. The van der Waals surface area contributed by atoms with E-state index in [1.165, 1.54) is 34.5 Å². The van der Waals surface area contributed by atoms with E-state index in [1.807, 2.05) is 19.9 Å². The Balaban J connectivity index is 2.56. The molecule has 190 valence electrons. The third kappa shape index (κ3) is 4.50. The van der Waals surface area contributed by atoms with Crippen LogP contribution in [0.2, 0.25) is 0 Å². The van der Waals surface area contributed by atoms with Gasteiger partial charge in [-0.15, -0.1) is 0 Å². The highest BCUT2D eigenvalue weighted by atomic mass is 16.6. The Morgan fingerprint density at radius 1 is 0.943 bits per heavy atom. The predicted molar refractivity (Wildman–Crippen MR) is 132 cm³/mol. The number of aliphatic hydroxyl groups is 1. The molecule has 35 heavy (non-hydrogen) atoms. The number of aliphatic hydroxyl groups excluding tert-OH is 1. The van der Waals surface area contributed by atoms with Crippen LogP contribution in [0.5, 0.6) is 34.5 Å². The highest BCUT2D eigenvalue weighted by molar-refractivity contribution is 5.94. The van der Waals surface area contributed by atoms with Crippen LogP contribution in [0.15, 0.2) is 23.8 Å². The van der Waals surface area contributed by atoms with Crippen LogP contribution >= 0.6 is 0 Å². The summed E-state index contributed by atoms with van der Waals surface area (Å²) in [4.78, 5) is 12.9. The second-order valence-corrected chi connectivity index (χ2v) is 8.75. The van der Waals surface area contributed by atoms with E-state index in [2.05, 4.69) is 0 Å². The summed E-state index contributed by atoms with van der Waals surface area (Å²) in [7, 11) is 5.84. The van der Waals surface area contributed by atoms with Gasteiger partial charge in [-0.05, 0) is 55.4 Å². The molecular formula is C27H34O8. The summed E-state index contributed by atoms with van der Waals surface area (Å²) in [5.41, 5.74) is 2.59. The van der Waals surface area contributed by atoms with Crippen LogP contribution in [0.25, 0.3) is 11.1 Å². The highest BCUT2D eigenvalue weighted by Crippen LogP contribution is 2.57. The molecule has 0 bridgehead atoms. The number of carbonyl (C=O) groups excluding carboxylic acids is 1. The molecule has 0 saturated carbocycles. The first-order valence-electron chi connectivity index (χ1n) is 11.4. The van der Waals surface area contributed by atoms with Crippen molar-refractivity contribution >= 4 is 5.97 Å². The van der Waals surface area contributed by atoms with Crippen molar-refractivity contribution in [3.8, 4) is 45.6 Å². The van der Waals surface area contributed by atoms with E-state index in [-0.39, 0.29) is 40.6 Å². The smallest absolute Gasteiger partial charge is 0.338 e. The van der Waals surface area contributed by atoms with Crippen molar-refractivity contribution in [2.45, 2.75) is 40.2 Å². The Kier molecular flexibility index (Phi) is 7.85. The van der Waals surface area contributed by atoms with Crippen molar-refractivity contribution in [3.05, 3.63) is 34.9 Å². The first-order valence-corrected chi connectivity index (χ1v) is 11.4. The molecule has 0 unspecified atom stereocenters. The molecule has 2 aromatic carbocycles. The lowest BCUT2D eigenvalue weighted by Gasteiger charge is -2.33. The minimum Gasteiger partial charge on any atom is -0.504 e. The molecule has 0 fully saturated rings. The fraction of sp³-hybridized carbons (Fsp3) is 0.444. The summed E-state index contributed by atoms with van der Waals surface area (Å²) in [6.45, 7) is 7.39. The summed E-state index contributed by atoms with van der Waals surface area (Å²) in [5, 5.41) is 22.1. The van der Waals surface area contributed by atoms with E-state index in [1.54, 1.807) is 19.9 Å². The van der Waals surface area contributed by atoms with Crippen LogP contribution < -0.4 is 23.7 Å². The number of hydrogen-bond donors (Lipinski definition) is 2. The van der Waals surface area contributed by atoms with Crippen molar-refractivity contribution in [2.24, 2.45) is 11.8 Å². The molecule has 8 heteroatoms. The third-order valence-electron chi connectivity index (χ3n) is 6.82. The van der Waals surface area contributed by atoms with Gasteiger partial charge >= 0.3 is 5.97 Å². The Hall–Kier alpha value is -3.39. The summed E-state index contributed by atoms with van der Waals surface area (Å²) in [6.07, 6.45) is 1.27. The lowest BCUT2D eigenvalue weighted by molar-refractivity contribution is -0.130. The molecule has 3 rings (SSSR count). The van der Waals surface area contributed by atoms with Crippen LogP contribution in [0.3, 0.4) is 0 Å². The van der Waals surface area contributed by atoms with Gasteiger partial charge in [-0.25, -0.2) is 4.79 Å². The number of ether oxygens (including phenoxy) is 5. The van der Waals surface area contributed by atoms with E-state index in [0.717, 1.165) is 5.56 Å². The number of rotatable bonds is 6. The Bertz CT molecular complexity index is 1150. The lowest BCUT2D eigenvalue weighted by Crippen LogP contribution is -2.23. The summed E-state index contributed by atoms with van der Waals surface area (Å²) >= 11 is 0. The fourth-order valence-corrected chi connectivity index (χ4v) is 4.49. The van der Waals surface area contributed by atoms with Gasteiger partial charge in [0.25, 0.3) is 0 Å². The maximum atomic E-state index is 12.9. The van der Waals surface area contributed by atoms with Crippen LogP contribution in [-0.4, -0.2) is 44.6 Å². The molecule has 0 spiro atoms. The van der Waals surface area contributed by atoms with Crippen LogP contribution in [0, 0.1) is 11.8 Å². The second kappa shape index (κ2) is 10.5. The first kappa shape index (κ1) is 26.2. The van der Waals surface area contributed by atoms with E-state index < -0.39 is 12.1 Å². The Labute approximate surface area is 206 Å². The number of phenols is 1. The normalized spacial score (nSPS) is 19.6. The van der Waals surface area contributed by atoms with Gasteiger partial charge in [-0.1, -0.05) is 19.9 Å². The highest BCUT2D eigenvalue weighted by Gasteiger charge is 2.37. The Morgan fingerprint density at radius 3 is 2.11 bits per heavy atom. The summed E-state index contributed by atoms with van der Waals surface area (Å²) in [6, 6.07) is 3.32. The number of allylic oxidation sites excluding steroid dienone is 1. The van der Waals surface area contributed by atoms with E-state index >= 15 is 0 Å². The largest absolute Gasteiger partial charge is 0.504 e. The van der Waals surface area contributed by atoms with Gasteiger partial charge in [-0.3, -0.25) is 0 Å². The van der Waals surface area contributed by atoms with Gasteiger partial charge in [0.1, 0.15) is 0 Å². The number of fused-ring (bicyclic) bond motifs is 3. The van der Waals surface area contributed by atoms with Crippen molar-refractivity contribution in [1.29, 1.82) is 0 Å². The molecule has 0 radical (unpaired) electrons. The van der Waals surface area contributed by atoms with Crippen molar-refractivity contribution in [2.75, 3.05) is 28.4 Å². The van der Waals surface area contributed by atoms with Crippen molar-refractivity contribution in [1.82, 2.24) is 0 Å². The molecule has 1 aliphatic rings. The maximum absolute atomic E-state index is 12.9. The minimum absolute atomic E-state index is 0.0334. The molecule has 2 N–H and O–H groups in total. The van der Waals surface area contributed by atoms with Crippen LogP contribution in [0.4, 0.5) is 0 Å². The van der Waals surface area contributed by atoms with Crippen LogP contribution in [-0.2, 0) is 11.2 Å². The van der Waals surface area contributed by atoms with E-state index in [4.69, 9.17) is 23.7 Å². The molecule has 0 amide bonds. The number of carbonyl (C=O) groups is 1. The number of hydrogen-bond acceptors (Lipinski definition) is 8. The van der Waals surface area contributed by atoms with Gasteiger partial charge in [0, 0.05) is 16.7 Å². The zero-order chi connectivity index (χ0) is 26.0. The van der Waals surface area contributed by atoms with E-state index in [0.29, 0.717) is 34.4 Å². The minimum atomic E-state index is -0.937. The number of aromatic hydroxyl groups is 1. The molecule has 0 aromatic heterocycles. The SMILES string of the molecule is C/C=C(\C)C(=O)Oc1c(OC)c(OC)cc2c1-c1c(cc(O)c(OC)c1OC)[C@@H](O)[C@H](C)[C@H](C)C2. The summed E-state index contributed by atoms with van der Waals surface area (Å²) in [5.74, 6) is 0.200. The molecule has 0 saturated heterocycles. The van der Waals surface area contributed by atoms with Gasteiger partial charge < -0.3 is 33.9 Å². The number of esters is 1. The quantitative estimate of drug-likeness (QED) is 0.340. The van der Waals surface area contributed by atoms with Gasteiger partial charge in [0.05, 0.1) is 34.5 Å². The van der Waals surface area contributed by atoms with Crippen LogP contribution in [0.1, 0.15) is 44.9 Å². The van der Waals surface area contributed by atoms with Crippen molar-refractivity contribution in [3.63, 3.8) is 0 Å².